The average Bonchev–Trinajstić information content (AvgIpc) is 2.56. The Bertz CT molecular complexity index is 648. The normalized spacial score (nSPS) is 10.5. The van der Waals surface area contributed by atoms with E-state index in [0.29, 0.717) is 6.61 Å². The second kappa shape index (κ2) is 7.88. The zero-order valence-corrected chi connectivity index (χ0v) is 12.7. The van der Waals surface area contributed by atoms with Gasteiger partial charge in [0.1, 0.15) is 5.75 Å². The lowest BCUT2D eigenvalue weighted by molar-refractivity contribution is -0.112. The number of benzene rings is 2. The van der Waals surface area contributed by atoms with Gasteiger partial charge in [-0.3, -0.25) is 4.79 Å². The largest absolute Gasteiger partial charge is 0.501 e. The first-order valence-corrected chi connectivity index (χ1v) is 7.07. The molecule has 0 spiro atoms. The highest BCUT2D eigenvalue weighted by Crippen LogP contribution is 2.29. The van der Waals surface area contributed by atoms with Crippen LogP contribution in [0.1, 0.15) is 6.92 Å². The minimum Gasteiger partial charge on any atom is -0.501 e. The SMILES string of the molecule is CCO/C=C/C(=O)Nc1ccccc1-c1ccc(OC)cc1. The molecule has 0 aliphatic carbocycles. The van der Waals surface area contributed by atoms with Gasteiger partial charge in [0.2, 0.25) is 0 Å². The summed E-state index contributed by atoms with van der Waals surface area (Å²) in [5.74, 6) is 0.569. The third-order valence-electron chi connectivity index (χ3n) is 3.07. The van der Waals surface area contributed by atoms with Crippen LogP contribution in [0.15, 0.2) is 60.9 Å². The van der Waals surface area contributed by atoms with Crippen molar-refractivity contribution >= 4 is 11.6 Å². The van der Waals surface area contributed by atoms with E-state index in [1.807, 2.05) is 55.5 Å². The summed E-state index contributed by atoms with van der Waals surface area (Å²) < 4.78 is 10.2. The van der Waals surface area contributed by atoms with Crippen molar-refractivity contribution in [3.8, 4) is 16.9 Å². The second-order valence-electron chi connectivity index (χ2n) is 4.52. The molecule has 0 aromatic heterocycles. The third kappa shape index (κ3) is 4.12. The first-order valence-electron chi connectivity index (χ1n) is 7.07. The molecule has 22 heavy (non-hydrogen) atoms. The molecule has 0 unspecified atom stereocenters. The molecular formula is C18H19NO3. The highest BCUT2D eigenvalue weighted by Gasteiger charge is 2.06. The monoisotopic (exact) mass is 297 g/mol. The predicted octanol–water partition coefficient (Wildman–Crippen LogP) is 3.85. The van der Waals surface area contributed by atoms with E-state index in [9.17, 15) is 4.79 Å². The maximum atomic E-state index is 11.9. The van der Waals surface area contributed by atoms with Crippen LogP contribution >= 0.6 is 0 Å². The summed E-state index contributed by atoms with van der Waals surface area (Å²) in [6.45, 7) is 2.40. The number of ether oxygens (including phenoxy) is 2. The van der Waals surface area contributed by atoms with Crippen molar-refractivity contribution in [2.45, 2.75) is 6.92 Å². The summed E-state index contributed by atoms with van der Waals surface area (Å²) in [6, 6.07) is 15.3. The van der Waals surface area contributed by atoms with Gasteiger partial charge in [0.25, 0.3) is 5.91 Å². The molecule has 0 saturated carbocycles. The number of methoxy groups -OCH3 is 1. The zero-order valence-electron chi connectivity index (χ0n) is 12.7. The Morgan fingerprint density at radius 2 is 1.86 bits per heavy atom. The summed E-state index contributed by atoms with van der Waals surface area (Å²) in [6.07, 6.45) is 2.76. The molecule has 1 amide bonds. The van der Waals surface area contributed by atoms with Gasteiger partial charge in [0, 0.05) is 17.3 Å². The molecule has 4 heteroatoms. The van der Waals surface area contributed by atoms with Crippen molar-refractivity contribution in [3.05, 3.63) is 60.9 Å². The lowest BCUT2D eigenvalue weighted by Gasteiger charge is -2.10. The van der Waals surface area contributed by atoms with Crippen LogP contribution in [-0.2, 0) is 9.53 Å². The molecule has 0 atom stereocenters. The number of carbonyl (C=O) groups is 1. The molecule has 2 rings (SSSR count). The van der Waals surface area contributed by atoms with E-state index < -0.39 is 0 Å². The molecule has 2 aromatic carbocycles. The number of para-hydroxylation sites is 1. The molecule has 0 aliphatic heterocycles. The van der Waals surface area contributed by atoms with Gasteiger partial charge < -0.3 is 14.8 Å². The van der Waals surface area contributed by atoms with Gasteiger partial charge in [0.15, 0.2) is 0 Å². The van der Waals surface area contributed by atoms with Gasteiger partial charge in [-0.15, -0.1) is 0 Å². The minimum absolute atomic E-state index is 0.227. The van der Waals surface area contributed by atoms with Crippen LogP contribution in [0.3, 0.4) is 0 Å². The average molecular weight is 297 g/mol. The number of amides is 1. The van der Waals surface area contributed by atoms with Gasteiger partial charge in [-0.2, -0.15) is 0 Å². The van der Waals surface area contributed by atoms with E-state index in [2.05, 4.69) is 5.32 Å². The molecule has 0 aliphatic rings. The molecular weight excluding hydrogens is 278 g/mol. The fourth-order valence-corrected chi connectivity index (χ4v) is 1.99. The third-order valence-corrected chi connectivity index (χ3v) is 3.07. The van der Waals surface area contributed by atoms with Gasteiger partial charge >= 0.3 is 0 Å². The highest BCUT2D eigenvalue weighted by atomic mass is 16.5. The highest BCUT2D eigenvalue weighted by molar-refractivity contribution is 6.01. The lowest BCUT2D eigenvalue weighted by Crippen LogP contribution is -2.09. The number of anilines is 1. The molecule has 0 fully saturated rings. The van der Waals surface area contributed by atoms with Crippen molar-refractivity contribution in [1.82, 2.24) is 0 Å². The maximum absolute atomic E-state index is 11.9. The van der Waals surface area contributed by atoms with Gasteiger partial charge in [-0.25, -0.2) is 0 Å². The van der Waals surface area contributed by atoms with Crippen LogP contribution in [0.5, 0.6) is 5.75 Å². The van der Waals surface area contributed by atoms with E-state index in [4.69, 9.17) is 9.47 Å². The van der Waals surface area contributed by atoms with E-state index in [1.165, 1.54) is 12.3 Å². The molecule has 0 bridgehead atoms. The van der Waals surface area contributed by atoms with Gasteiger partial charge in [-0.05, 0) is 30.7 Å². The Morgan fingerprint density at radius 1 is 1.14 bits per heavy atom. The Morgan fingerprint density at radius 3 is 2.55 bits per heavy atom. The Hall–Kier alpha value is -2.75. The van der Waals surface area contributed by atoms with E-state index >= 15 is 0 Å². The molecule has 0 radical (unpaired) electrons. The van der Waals surface area contributed by atoms with Crippen LogP contribution in [0.25, 0.3) is 11.1 Å². The number of rotatable bonds is 6. The summed E-state index contributed by atoms with van der Waals surface area (Å²) in [5, 5.41) is 2.86. The van der Waals surface area contributed by atoms with Crippen LogP contribution in [0.4, 0.5) is 5.69 Å². The van der Waals surface area contributed by atoms with Crippen molar-refractivity contribution in [2.75, 3.05) is 19.0 Å². The number of carbonyl (C=O) groups excluding carboxylic acids is 1. The fraction of sp³-hybridized carbons (Fsp3) is 0.167. The van der Waals surface area contributed by atoms with E-state index in [0.717, 1.165) is 22.6 Å². The van der Waals surface area contributed by atoms with Crippen LogP contribution in [0.2, 0.25) is 0 Å². The standard InChI is InChI=1S/C18H19NO3/c1-3-22-13-12-18(20)19-17-7-5-4-6-16(17)14-8-10-15(21-2)11-9-14/h4-13H,3H2,1-2H3,(H,19,20)/b13-12+. The molecule has 0 heterocycles. The molecule has 114 valence electrons. The van der Waals surface area contributed by atoms with Crippen molar-refractivity contribution in [2.24, 2.45) is 0 Å². The quantitative estimate of drug-likeness (QED) is 0.650. The van der Waals surface area contributed by atoms with E-state index in [1.54, 1.807) is 7.11 Å². The van der Waals surface area contributed by atoms with Gasteiger partial charge in [0.05, 0.1) is 20.0 Å². The fourth-order valence-electron chi connectivity index (χ4n) is 1.99. The van der Waals surface area contributed by atoms with Crippen molar-refractivity contribution < 1.29 is 14.3 Å². The molecule has 2 aromatic rings. The lowest BCUT2D eigenvalue weighted by atomic mass is 10.0. The second-order valence-corrected chi connectivity index (χ2v) is 4.52. The summed E-state index contributed by atoms with van der Waals surface area (Å²) >= 11 is 0. The summed E-state index contributed by atoms with van der Waals surface area (Å²) in [4.78, 5) is 11.9. The summed E-state index contributed by atoms with van der Waals surface area (Å²) in [5.41, 5.74) is 2.70. The van der Waals surface area contributed by atoms with Crippen LogP contribution < -0.4 is 10.1 Å². The molecule has 4 nitrogen and oxygen atoms in total. The van der Waals surface area contributed by atoms with Gasteiger partial charge in [-0.1, -0.05) is 30.3 Å². The van der Waals surface area contributed by atoms with Crippen LogP contribution in [0, 0.1) is 0 Å². The first kappa shape index (κ1) is 15.6. The zero-order chi connectivity index (χ0) is 15.8. The Balaban J connectivity index is 2.20. The maximum Gasteiger partial charge on any atom is 0.251 e. The number of hydrogen-bond donors (Lipinski definition) is 1. The molecule has 1 N–H and O–H groups in total. The number of nitrogens with one attached hydrogen (secondary N) is 1. The topological polar surface area (TPSA) is 47.6 Å². The van der Waals surface area contributed by atoms with E-state index in [-0.39, 0.29) is 5.91 Å². The van der Waals surface area contributed by atoms with Crippen LogP contribution in [-0.4, -0.2) is 19.6 Å². The van der Waals surface area contributed by atoms with Crippen molar-refractivity contribution in [1.29, 1.82) is 0 Å². The molecule has 0 saturated heterocycles. The predicted molar refractivity (Wildman–Crippen MR) is 87.8 cm³/mol. The number of hydrogen-bond acceptors (Lipinski definition) is 3. The minimum atomic E-state index is -0.227. The summed E-state index contributed by atoms with van der Waals surface area (Å²) in [7, 11) is 1.63. The smallest absolute Gasteiger partial charge is 0.251 e. The first-order chi connectivity index (χ1) is 10.7. The Labute approximate surface area is 130 Å². The Kier molecular flexibility index (Phi) is 5.60. The van der Waals surface area contributed by atoms with Crippen molar-refractivity contribution in [3.63, 3.8) is 0 Å².